The Morgan fingerprint density at radius 1 is 1.06 bits per heavy atom. The van der Waals surface area contributed by atoms with Crippen molar-refractivity contribution >= 4 is 40.2 Å². The third kappa shape index (κ3) is 5.03. The van der Waals surface area contributed by atoms with E-state index in [0.29, 0.717) is 41.1 Å². The molecule has 1 amide bonds. The number of hydrogen-bond donors (Lipinski definition) is 2. The van der Waals surface area contributed by atoms with Crippen molar-refractivity contribution in [1.82, 2.24) is 9.88 Å². The molecule has 36 heavy (non-hydrogen) atoms. The van der Waals surface area contributed by atoms with E-state index in [1.807, 2.05) is 49.4 Å². The molecule has 1 aromatic heterocycles. The molecule has 0 saturated heterocycles. The van der Waals surface area contributed by atoms with Gasteiger partial charge in [0.25, 0.3) is 0 Å². The van der Waals surface area contributed by atoms with Crippen LogP contribution in [0.25, 0.3) is 10.9 Å². The number of nitrogens with zero attached hydrogens (tertiary/aromatic N) is 1. The first kappa shape index (κ1) is 24.5. The van der Waals surface area contributed by atoms with E-state index in [1.54, 1.807) is 29.2 Å². The standard InChI is InChI=1S/C28H26Cl2N2O4/c1-17(15-33)16-35-21-7-2-18(3-8-21)27-26-23(24-14-20(30)6-11-25(24)31-26)12-13-32(27)28(34)36-22-9-4-19(29)5-10-22/h2-11,14,17,27,31,33H,12-13,15-16H2,1H3. The average molecular weight is 525 g/mol. The fraction of sp³-hybridized carbons (Fsp3) is 0.250. The zero-order chi connectivity index (χ0) is 25.2. The van der Waals surface area contributed by atoms with Crippen LogP contribution in [0.2, 0.25) is 10.0 Å². The molecule has 1 aliphatic rings. The van der Waals surface area contributed by atoms with E-state index >= 15 is 0 Å². The number of nitrogens with one attached hydrogen (secondary N) is 1. The number of aromatic nitrogens is 1. The van der Waals surface area contributed by atoms with Crippen LogP contribution in [-0.4, -0.2) is 40.8 Å². The molecule has 0 aliphatic carbocycles. The van der Waals surface area contributed by atoms with Gasteiger partial charge >= 0.3 is 6.09 Å². The van der Waals surface area contributed by atoms with Gasteiger partial charge in [0.1, 0.15) is 17.5 Å². The number of aliphatic hydroxyl groups excluding tert-OH is 1. The van der Waals surface area contributed by atoms with E-state index in [-0.39, 0.29) is 18.6 Å². The van der Waals surface area contributed by atoms with Gasteiger partial charge in [-0.1, -0.05) is 42.3 Å². The number of carbonyl (C=O) groups is 1. The highest BCUT2D eigenvalue weighted by molar-refractivity contribution is 6.31. The number of fused-ring (bicyclic) bond motifs is 3. The second-order valence-electron chi connectivity index (χ2n) is 9.04. The second kappa shape index (κ2) is 10.4. The van der Waals surface area contributed by atoms with Crippen LogP contribution >= 0.6 is 23.2 Å². The topological polar surface area (TPSA) is 74.8 Å². The van der Waals surface area contributed by atoms with Crippen LogP contribution in [-0.2, 0) is 6.42 Å². The van der Waals surface area contributed by atoms with Gasteiger partial charge in [0, 0.05) is 45.7 Å². The van der Waals surface area contributed by atoms with Crippen LogP contribution in [0.15, 0.2) is 66.7 Å². The number of benzene rings is 3. The summed E-state index contributed by atoms with van der Waals surface area (Å²) in [5.74, 6) is 1.18. The average Bonchev–Trinajstić information content (AvgIpc) is 3.26. The molecule has 2 unspecified atom stereocenters. The highest BCUT2D eigenvalue weighted by Gasteiger charge is 2.35. The Morgan fingerprint density at radius 3 is 2.47 bits per heavy atom. The minimum atomic E-state index is -0.443. The molecule has 5 rings (SSSR count). The Bertz CT molecular complexity index is 1370. The van der Waals surface area contributed by atoms with Crippen molar-refractivity contribution in [2.24, 2.45) is 5.92 Å². The van der Waals surface area contributed by atoms with Crippen LogP contribution in [0.4, 0.5) is 4.79 Å². The van der Waals surface area contributed by atoms with Crippen molar-refractivity contribution in [3.05, 3.63) is 93.6 Å². The quantitative estimate of drug-likeness (QED) is 0.297. The molecule has 0 radical (unpaired) electrons. The number of carbonyl (C=O) groups excluding carboxylic acids is 1. The third-order valence-corrected chi connectivity index (χ3v) is 6.87. The number of halogens is 2. The van der Waals surface area contributed by atoms with E-state index in [9.17, 15) is 9.90 Å². The smallest absolute Gasteiger partial charge is 0.416 e. The summed E-state index contributed by atoms with van der Waals surface area (Å²) in [6, 6.07) is 19.8. The van der Waals surface area contributed by atoms with Gasteiger partial charge in [0.2, 0.25) is 0 Å². The van der Waals surface area contributed by atoms with Crippen LogP contribution in [0.1, 0.15) is 29.8 Å². The van der Waals surface area contributed by atoms with Crippen molar-refractivity contribution in [3.63, 3.8) is 0 Å². The molecule has 6 nitrogen and oxygen atoms in total. The highest BCUT2D eigenvalue weighted by atomic mass is 35.5. The molecular formula is C28H26Cl2N2O4. The lowest BCUT2D eigenvalue weighted by Crippen LogP contribution is -2.42. The highest BCUT2D eigenvalue weighted by Crippen LogP contribution is 2.40. The molecule has 1 aliphatic heterocycles. The third-order valence-electron chi connectivity index (χ3n) is 6.38. The van der Waals surface area contributed by atoms with E-state index in [2.05, 4.69) is 4.98 Å². The number of H-pyrrole nitrogens is 1. The van der Waals surface area contributed by atoms with E-state index in [0.717, 1.165) is 27.7 Å². The minimum Gasteiger partial charge on any atom is -0.493 e. The summed E-state index contributed by atoms with van der Waals surface area (Å²) in [6.07, 6.45) is 0.226. The van der Waals surface area contributed by atoms with Gasteiger partial charge in [-0.3, -0.25) is 4.90 Å². The largest absolute Gasteiger partial charge is 0.493 e. The first-order valence-corrected chi connectivity index (χ1v) is 12.6. The van der Waals surface area contributed by atoms with E-state index < -0.39 is 6.09 Å². The summed E-state index contributed by atoms with van der Waals surface area (Å²) in [5.41, 5.74) is 3.98. The van der Waals surface area contributed by atoms with Crippen LogP contribution in [0.5, 0.6) is 11.5 Å². The summed E-state index contributed by atoms with van der Waals surface area (Å²) in [5, 5.41) is 11.6. The monoisotopic (exact) mass is 524 g/mol. The van der Waals surface area contributed by atoms with Gasteiger partial charge in [0.15, 0.2) is 0 Å². The Morgan fingerprint density at radius 2 is 1.75 bits per heavy atom. The zero-order valence-electron chi connectivity index (χ0n) is 19.7. The maximum absolute atomic E-state index is 13.4. The summed E-state index contributed by atoms with van der Waals surface area (Å²) in [7, 11) is 0. The maximum atomic E-state index is 13.4. The number of aliphatic hydroxyl groups is 1. The van der Waals surface area contributed by atoms with Crippen molar-refractivity contribution < 1.29 is 19.4 Å². The number of hydrogen-bond acceptors (Lipinski definition) is 4. The lowest BCUT2D eigenvalue weighted by atomic mass is 9.92. The Balaban J connectivity index is 1.50. The summed E-state index contributed by atoms with van der Waals surface area (Å²) >= 11 is 12.3. The normalized spacial score (nSPS) is 16.0. The number of aromatic amines is 1. The summed E-state index contributed by atoms with van der Waals surface area (Å²) in [4.78, 5) is 18.6. The fourth-order valence-electron chi connectivity index (χ4n) is 4.50. The molecule has 2 heterocycles. The molecule has 8 heteroatoms. The minimum absolute atomic E-state index is 0.0434. The molecular weight excluding hydrogens is 499 g/mol. The van der Waals surface area contributed by atoms with Crippen LogP contribution in [0.3, 0.4) is 0 Å². The zero-order valence-corrected chi connectivity index (χ0v) is 21.2. The molecule has 2 N–H and O–H groups in total. The molecule has 186 valence electrons. The van der Waals surface area contributed by atoms with Gasteiger partial charge in [-0.25, -0.2) is 4.79 Å². The Hall–Kier alpha value is -3.19. The molecule has 3 aromatic carbocycles. The van der Waals surface area contributed by atoms with Crippen molar-refractivity contribution in [2.75, 3.05) is 19.8 Å². The van der Waals surface area contributed by atoms with Gasteiger partial charge < -0.3 is 19.6 Å². The molecule has 4 aromatic rings. The Kier molecular flexibility index (Phi) is 7.10. The number of amides is 1. The Labute approximate surface area is 219 Å². The molecule has 0 fully saturated rings. The first-order chi connectivity index (χ1) is 17.4. The fourth-order valence-corrected chi connectivity index (χ4v) is 4.80. The van der Waals surface area contributed by atoms with Crippen LogP contribution in [0, 0.1) is 5.92 Å². The van der Waals surface area contributed by atoms with Crippen molar-refractivity contribution in [3.8, 4) is 11.5 Å². The van der Waals surface area contributed by atoms with Gasteiger partial charge in [-0.2, -0.15) is 0 Å². The maximum Gasteiger partial charge on any atom is 0.416 e. The predicted octanol–water partition coefficient (Wildman–Crippen LogP) is 6.63. The van der Waals surface area contributed by atoms with Crippen LogP contribution < -0.4 is 9.47 Å². The predicted molar refractivity (Wildman–Crippen MR) is 141 cm³/mol. The van der Waals surface area contributed by atoms with Crippen molar-refractivity contribution in [2.45, 2.75) is 19.4 Å². The van der Waals surface area contributed by atoms with E-state index in [4.69, 9.17) is 32.7 Å². The molecule has 2 atom stereocenters. The lowest BCUT2D eigenvalue weighted by molar-refractivity contribution is 0.135. The summed E-state index contributed by atoms with van der Waals surface area (Å²) < 4.78 is 11.5. The van der Waals surface area contributed by atoms with Gasteiger partial charge in [-0.05, 0) is 72.1 Å². The lowest BCUT2D eigenvalue weighted by Gasteiger charge is -2.35. The molecule has 0 bridgehead atoms. The van der Waals surface area contributed by atoms with Gasteiger partial charge in [0.05, 0.1) is 6.61 Å². The second-order valence-corrected chi connectivity index (χ2v) is 9.92. The number of ether oxygens (including phenoxy) is 2. The summed E-state index contributed by atoms with van der Waals surface area (Å²) in [6.45, 7) is 2.89. The number of rotatable bonds is 6. The van der Waals surface area contributed by atoms with E-state index in [1.165, 1.54) is 0 Å². The SMILES string of the molecule is CC(CO)COc1ccc(C2c3[nH]c4ccc(Cl)cc4c3CCN2C(=O)Oc2ccc(Cl)cc2)cc1. The first-order valence-electron chi connectivity index (χ1n) is 11.8. The van der Waals surface area contributed by atoms with Crippen molar-refractivity contribution in [1.29, 1.82) is 0 Å². The molecule has 0 spiro atoms. The molecule has 0 saturated carbocycles. The van der Waals surface area contributed by atoms with Gasteiger partial charge in [-0.15, -0.1) is 0 Å².